The molecule has 2 heterocycles. The number of pyridine rings is 1. The number of hydrogen-bond donors (Lipinski definition) is 0. The highest BCUT2D eigenvalue weighted by Gasteiger charge is 2.53. The highest BCUT2D eigenvalue weighted by Crippen LogP contribution is 2.40. The van der Waals surface area contributed by atoms with Crippen LogP contribution in [0.3, 0.4) is 0 Å². The lowest BCUT2D eigenvalue weighted by molar-refractivity contribution is -0.142. The zero-order valence-electron chi connectivity index (χ0n) is 20.7. The number of likely N-dealkylation sites (tertiary alicyclic amines) is 1. The Kier molecular flexibility index (Phi) is 7.78. The lowest BCUT2D eigenvalue weighted by Gasteiger charge is -2.29. The minimum atomic E-state index is -1.21. The summed E-state index contributed by atoms with van der Waals surface area (Å²) in [7, 11) is 1.73. The summed E-state index contributed by atoms with van der Waals surface area (Å²) >= 11 is 0. The first-order chi connectivity index (χ1) is 17.4. The van der Waals surface area contributed by atoms with Crippen LogP contribution in [-0.2, 0) is 26.3 Å². The van der Waals surface area contributed by atoms with Crippen LogP contribution >= 0.6 is 0 Å². The lowest BCUT2D eigenvalue weighted by atomic mass is 9.75. The predicted molar refractivity (Wildman–Crippen MR) is 136 cm³/mol. The summed E-state index contributed by atoms with van der Waals surface area (Å²) in [6.45, 7) is 3.03. The Labute approximate surface area is 211 Å². The highest BCUT2D eigenvalue weighted by molar-refractivity contribution is 6.10. The number of aryl methyl sites for hydroxylation is 1. The maximum Gasteiger partial charge on any atom is 0.240 e. The van der Waals surface area contributed by atoms with Gasteiger partial charge in [-0.25, -0.2) is 0 Å². The summed E-state index contributed by atoms with van der Waals surface area (Å²) in [5.74, 6) is -0.129. The van der Waals surface area contributed by atoms with Crippen molar-refractivity contribution in [2.24, 2.45) is 0 Å². The number of carbonyl (C=O) groups excluding carboxylic acids is 3. The molecule has 7 nitrogen and oxygen atoms in total. The number of aromatic nitrogens is 1. The molecule has 1 fully saturated rings. The van der Waals surface area contributed by atoms with Crippen molar-refractivity contribution >= 4 is 17.7 Å². The maximum absolute atomic E-state index is 13.7. The zero-order chi connectivity index (χ0) is 25.5. The molecule has 1 aliphatic heterocycles. The van der Waals surface area contributed by atoms with Crippen LogP contribution in [-0.4, -0.2) is 52.7 Å². The van der Waals surface area contributed by atoms with Gasteiger partial charge in [0.25, 0.3) is 0 Å². The van der Waals surface area contributed by atoms with Gasteiger partial charge in [-0.05, 0) is 36.6 Å². The molecule has 0 saturated carbocycles. The van der Waals surface area contributed by atoms with E-state index in [1.165, 1.54) is 4.90 Å². The normalized spacial score (nSPS) is 17.3. The van der Waals surface area contributed by atoms with Crippen LogP contribution in [0, 0.1) is 6.92 Å². The van der Waals surface area contributed by atoms with Crippen LogP contribution < -0.4 is 4.74 Å². The van der Waals surface area contributed by atoms with Gasteiger partial charge in [0, 0.05) is 39.2 Å². The predicted octanol–water partition coefficient (Wildman–Crippen LogP) is 3.90. The van der Waals surface area contributed by atoms with Gasteiger partial charge >= 0.3 is 0 Å². The van der Waals surface area contributed by atoms with Gasteiger partial charge in [0.2, 0.25) is 17.7 Å². The van der Waals surface area contributed by atoms with Gasteiger partial charge in [-0.2, -0.15) is 0 Å². The molecule has 186 valence electrons. The molecule has 1 aromatic heterocycles. The fraction of sp³-hybridized carbons (Fsp3) is 0.310. The molecule has 1 aliphatic rings. The highest BCUT2D eigenvalue weighted by atomic mass is 16.5. The molecular formula is C29H31N3O4. The number of nitrogens with zero attached hydrogens (tertiary/aromatic N) is 3. The largest absolute Gasteiger partial charge is 0.492 e. The van der Waals surface area contributed by atoms with Crippen molar-refractivity contribution in [1.29, 1.82) is 0 Å². The molecule has 0 unspecified atom stereocenters. The molecule has 4 rings (SSSR count). The molecule has 0 bridgehead atoms. The standard InChI is InChI=1S/C29H31N3O4/c1-22-11-13-23(14-12-22)21-31(2)26(33)18-29(24-8-4-3-5-9-24)19-27(34)32(28(29)35)16-7-17-36-25-10-6-15-30-20-25/h3-6,8-15,20H,7,16-19,21H2,1-2H3/t29-/m1/s1. The second-order valence-corrected chi connectivity index (χ2v) is 9.28. The SMILES string of the molecule is Cc1ccc(CN(C)C(=O)C[C@]2(c3ccccc3)CC(=O)N(CCCOc3cccnc3)C2=O)cc1. The monoisotopic (exact) mass is 485 g/mol. The molecule has 0 spiro atoms. The van der Waals surface area contributed by atoms with Gasteiger partial charge in [-0.1, -0.05) is 60.2 Å². The van der Waals surface area contributed by atoms with Gasteiger partial charge in [0.05, 0.1) is 18.2 Å². The van der Waals surface area contributed by atoms with Gasteiger partial charge in [0.15, 0.2) is 0 Å². The molecule has 0 N–H and O–H groups in total. The number of carbonyl (C=O) groups is 3. The Morgan fingerprint density at radius 3 is 2.50 bits per heavy atom. The van der Waals surface area contributed by atoms with Gasteiger partial charge in [0.1, 0.15) is 5.75 Å². The summed E-state index contributed by atoms with van der Waals surface area (Å²) < 4.78 is 5.66. The van der Waals surface area contributed by atoms with Crippen molar-refractivity contribution in [3.8, 4) is 5.75 Å². The third-order valence-electron chi connectivity index (χ3n) is 6.58. The van der Waals surface area contributed by atoms with Crippen LogP contribution in [0.15, 0.2) is 79.1 Å². The first-order valence-corrected chi connectivity index (χ1v) is 12.1. The van der Waals surface area contributed by atoms with Crippen LogP contribution in [0.25, 0.3) is 0 Å². The minimum Gasteiger partial charge on any atom is -0.492 e. The molecule has 36 heavy (non-hydrogen) atoms. The molecule has 3 amide bonds. The van der Waals surface area contributed by atoms with Gasteiger partial charge < -0.3 is 9.64 Å². The van der Waals surface area contributed by atoms with Crippen LogP contribution in [0.1, 0.15) is 36.0 Å². The molecule has 0 aliphatic carbocycles. The van der Waals surface area contributed by atoms with E-state index in [4.69, 9.17) is 4.74 Å². The maximum atomic E-state index is 13.7. The van der Waals surface area contributed by atoms with Crippen LogP contribution in [0.4, 0.5) is 0 Å². The van der Waals surface area contributed by atoms with Crippen LogP contribution in [0.5, 0.6) is 5.75 Å². The molecular weight excluding hydrogens is 454 g/mol. The van der Waals surface area contributed by atoms with E-state index in [1.807, 2.05) is 61.5 Å². The third-order valence-corrected chi connectivity index (χ3v) is 6.58. The second-order valence-electron chi connectivity index (χ2n) is 9.28. The Hall–Kier alpha value is -4.00. The number of amides is 3. The van der Waals surface area contributed by atoms with Gasteiger partial charge in [-0.15, -0.1) is 0 Å². The van der Waals surface area contributed by atoms with Crippen molar-refractivity contribution in [2.45, 2.75) is 38.1 Å². The number of benzene rings is 2. The first-order valence-electron chi connectivity index (χ1n) is 12.1. The fourth-order valence-electron chi connectivity index (χ4n) is 4.54. The van der Waals surface area contributed by atoms with Crippen molar-refractivity contribution in [3.05, 3.63) is 95.8 Å². The second kappa shape index (κ2) is 11.2. The minimum absolute atomic E-state index is 0.0244. The summed E-state index contributed by atoms with van der Waals surface area (Å²) in [4.78, 5) is 47.0. The summed E-state index contributed by atoms with van der Waals surface area (Å²) in [5, 5.41) is 0. The van der Waals surface area contributed by atoms with Crippen molar-refractivity contribution in [3.63, 3.8) is 0 Å². The Bertz CT molecular complexity index is 1200. The van der Waals surface area contributed by atoms with E-state index < -0.39 is 5.41 Å². The third kappa shape index (κ3) is 5.62. The quantitative estimate of drug-likeness (QED) is 0.321. The summed E-state index contributed by atoms with van der Waals surface area (Å²) in [6.07, 6.45) is 3.68. The fourth-order valence-corrected chi connectivity index (χ4v) is 4.54. The van der Waals surface area contributed by atoms with Crippen molar-refractivity contribution in [1.82, 2.24) is 14.8 Å². The first kappa shape index (κ1) is 25.1. The average Bonchev–Trinajstić information content (AvgIpc) is 3.13. The van der Waals surface area contributed by atoms with Crippen molar-refractivity contribution in [2.75, 3.05) is 20.2 Å². The summed E-state index contributed by atoms with van der Waals surface area (Å²) in [6, 6.07) is 20.8. The topological polar surface area (TPSA) is 79.8 Å². The lowest BCUT2D eigenvalue weighted by Crippen LogP contribution is -2.43. The van der Waals surface area contributed by atoms with E-state index in [-0.39, 0.29) is 37.1 Å². The Balaban J connectivity index is 1.47. The number of hydrogen-bond acceptors (Lipinski definition) is 5. The van der Waals surface area contributed by atoms with E-state index in [1.54, 1.807) is 36.5 Å². The summed E-state index contributed by atoms with van der Waals surface area (Å²) in [5.41, 5.74) is 1.64. The van der Waals surface area contributed by atoms with E-state index in [0.717, 1.165) is 11.1 Å². The smallest absolute Gasteiger partial charge is 0.240 e. The molecule has 3 aromatic rings. The molecule has 1 saturated heterocycles. The number of ether oxygens (including phenoxy) is 1. The van der Waals surface area contributed by atoms with E-state index in [0.29, 0.717) is 30.9 Å². The number of imide groups is 1. The van der Waals surface area contributed by atoms with Crippen LogP contribution in [0.2, 0.25) is 0 Å². The molecule has 1 atom stereocenters. The zero-order valence-corrected chi connectivity index (χ0v) is 20.7. The average molecular weight is 486 g/mol. The molecule has 7 heteroatoms. The van der Waals surface area contributed by atoms with E-state index in [2.05, 4.69) is 4.98 Å². The van der Waals surface area contributed by atoms with Crippen molar-refractivity contribution < 1.29 is 19.1 Å². The van der Waals surface area contributed by atoms with E-state index in [9.17, 15) is 14.4 Å². The molecule has 2 aromatic carbocycles. The Morgan fingerprint density at radius 1 is 1.06 bits per heavy atom. The molecule has 0 radical (unpaired) electrons. The Morgan fingerprint density at radius 2 is 1.81 bits per heavy atom. The number of rotatable bonds is 10. The van der Waals surface area contributed by atoms with E-state index >= 15 is 0 Å². The van der Waals surface area contributed by atoms with Gasteiger partial charge in [-0.3, -0.25) is 24.3 Å².